The van der Waals surface area contributed by atoms with E-state index < -0.39 is 29.7 Å². The van der Waals surface area contributed by atoms with Crippen molar-refractivity contribution in [2.45, 2.75) is 69.6 Å². The molecule has 1 unspecified atom stereocenters. The first-order valence-corrected chi connectivity index (χ1v) is 20.8. The van der Waals surface area contributed by atoms with Crippen LogP contribution in [-0.4, -0.2) is 115 Å². The highest BCUT2D eigenvalue weighted by Gasteiger charge is 2.46. The maximum absolute atomic E-state index is 13.5. The molecular weight excluding hydrogens is 758 g/mol. The second-order valence-corrected chi connectivity index (χ2v) is 17.1. The molecule has 1 saturated carbocycles. The molecule has 5 aliphatic heterocycles. The number of nitrogens with one attached hydrogen (secondary N) is 1. The molecule has 58 heavy (non-hydrogen) atoms. The van der Waals surface area contributed by atoms with E-state index in [4.69, 9.17) is 21.6 Å². The van der Waals surface area contributed by atoms with Gasteiger partial charge >= 0.3 is 0 Å². The summed E-state index contributed by atoms with van der Waals surface area (Å²) in [6.45, 7) is 6.64. The number of piperazine rings is 1. The third-order valence-corrected chi connectivity index (χ3v) is 13.6. The van der Waals surface area contributed by atoms with Gasteiger partial charge in [0.25, 0.3) is 17.7 Å². The summed E-state index contributed by atoms with van der Waals surface area (Å²) in [5, 5.41) is 11.8. The molecule has 14 heteroatoms. The molecule has 13 nitrogen and oxygen atoms in total. The molecule has 5 heterocycles. The van der Waals surface area contributed by atoms with Gasteiger partial charge in [0.05, 0.1) is 27.8 Å². The summed E-state index contributed by atoms with van der Waals surface area (Å²) in [6, 6.07) is 20.2. The van der Waals surface area contributed by atoms with Crippen LogP contribution in [0.5, 0.6) is 5.75 Å². The first kappa shape index (κ1) is 38.1. The number of nitriles is 1. The van der Waals surface area contributed by atoms with Crippen molar-refractivity contribution >= 4 is 52.5 Å². The Bertz CT molecular complexity index is 2190. The van der Waals surface area contributed by atoms with Crippen LogP contribution in [0.3, 0.4) is 0 Å². The number of piperidine rings is 2. The SMILES string of the molecule is N#Cc1ccc(OC2CCC3(CC2)CN(c2ccc(C(=O)N4CCN(C5CCN(c6ccc7c(c6)C(=O)N(C6CCC(=O)NC6=O)C7=O)CC5)CC4)cc2)C3)cc1Cl. The number of fused-ring (bicyclic) bond motifs is 1. The van der Waals surface area contributed by atoms with Crippen LogP contribution in [0.1, 0.15) is 88.0 Å². The Morgan fingerprint density at radius 2 is 1.47 bits per heavy atom. The van der Waals surface area contributed by atoms with E-state index in [1.807, 2.05) is 29.2 Å². The average molecular weight is 804 g/mol. The molecule has 3 aromatic carbocycles. The second kappa shape index (κ2) is 15.4. The third kappa shape index (κ3) is 7.17. The van der Waals surface area contributed by atoms with Crippen molar-refractivity contribution in [2.75, 3.05) is 62.2 Å². The molecule has 1 aliphatic carbocycles. The number of imide groups is 2. The van der Waals surface area contributed by atoms with Crippen molar-refractivity contribution in [3.63, 3.8) is 0 Å². The van der Waals surface area contributed by atoms with Gasteiger partial charge in [0.15, 0.2) is 0 Å². The van der Waals surface area contributed by atoms with Crippen LogP contribution in [0.4, 0.5) is 11.4 Å². The highest BCUT2D eigenvalue weighted by molar-refractivity contribution is 6.31. The summed E-state index contributed by atoms with van der Waals surface area (Å²) in [7, 11) is 0. The number of hydrogen-bond acceptors (Lipinski definition) is 10. The number of rotatable bonds is 7. The molecule has 0 radical (unpaired) electrons. The van der Waals surface area contributed by atoms with E-state index in [-0.39, 0.29) is 30.4 Å². The van der Waals surface area contributed by atoms with Crippen molar-refractivity contribution in [2.24, 2.45) is 5.41 Å². The van der Waals surface area contributed by atoms with E-state index in [0.717, 1.165) is 99.6 Å². The molecule has 6 aliphatic rings. The Morgan fingerprint density at radius 3 is 2.14 bits per heavy atom. The summed E-state index contributed by atoms with van der Waals surface area (Å²) < 4.78 is 6.21. The zero-order chi connectivity index (χ0) is 40.1. The van der Waals surface area contributed by atoms with Crippen LogP contribution in [0.25, 0.3) is 0 Å². The maximum atomic E-state index is 13.5. The van der Waals surface area contributed by atoms with Gasteiger partial charge in [0.2, 0.25) is 11.8 Å². The number of benzene rings is 3. The highest BCUT2D eigenvalue weighted by Crippen LogP contribution is 2.46. The molecule has 0 bridgehead atoms. The number of carbonyl (C=O) groups is 5. The Hall–Kier alpha value is -5.45. The Morgan fingerprint density at radius 1 is 0.776 bits per heavy atom. The zero-order valence-electron chi connectivity index (χ0n) is 32.3. The molecule has 1 atom stereocenters. The van der Waals surface area contributed by atoms with Crippen LogP contribution < -0.4 is 19.9 Å². The van der Waals surface area contributed by atoms with Gasteiger partial charge in [-0.25, -0.2) is 0 Å². The number of nitrogens with zero attached hydrogens (tertiary/aromatic N) is 6. The number of halogens is 1. The molecule has 0 aromatic heterocycles. The molecule has 5 amide bonds. The van der Waals surface area contributed by atoms with E-state index in [0.29, 0.717) is 46.4 Å². The minimum atomic E-state index is -0.979. The van der Waals surface area contributed by atoms with E-state index in [1.54, 1.807) is 24.3 Å². The first-order chi connectivity index (χ1) is 28.1. The van der Waals surface area contributed by atoms with Crippen molar-refractivity contribution in [3.8, 4) is 11.8 Å². The lowest BCUT2D eigenvalue weighted by Gasteiger charge is -2.54. The average Bonchev–Trinajstić information content (AvgIpc) is 3.48. The fraction of sp³-hybridized carbons (Fsp3) is 0.455. The van der Waals surface area contributed by atoms with Crippen LogP contribution in [0.2, 0.25) is 5.02 Å². The van der Waals surface area contributed by atoms with Crippen molar-refractivity contribution in [3.05, 3.63) is 87.9 Å². The normalized spacial score (nSPS) is 22.8. The Labute approximate surface area is 342 Å². The smallest absolute Gasteiger partial charge is 0.262 e. The molecule has 4 saturated heterocycles. The quantitative estimate of drug-likeness (QED) is 0.329. The second-order valence-electron chi connectivity index (χ2n) is 16.7. The first-order valence-electron chi connectivity index (χ1n) is 20.4. The van der Waals surface area contributed by atoms with Gasteiger partial charge in [-0.1, -0.05) is 11.6 Å². The Kier molecular flexibility index (Phi) is 10.1. The number of anilines is 2. The minimum absolute atomic E-state index is 0.0729. The number of ether oxygens (including phenoxy) is 1. The van der Waals surface area contributed by atoms with Gasteiger partial charge in [0.1, 0.15) is 17.9 Å². The third-order valence-electron chi connectivity index (χ3n) is 13.3. The van der Waals surface area contributed by atoms with Crippen molar-refractivity contribution in [1.29, 1.82) is 5.26 Å². The van der Waals surface area contributed by atoms with Crippen molar-refractivity contribution in [1.82, 2.24) is 20.0 Å². The lowest BCUT2D eigenvalue weighted by Crippen LogP contribution is -2.58. The van der Waals surface area contributed by atoms with E-state index >= 15 is 0 Å². The standard InChI is InChI=1S/C44H46ClN7O6/c45-37-24-34(7-3-29(37)25-46)58-33-11-15-44(16-12-33)26-51(27-44)30-4-1-28(2-5-30)41(55)50-21-19-49(20-22-50)31-13-17-48(18-14-31)32-6-8-35-36(23-32)43(57)52(42(35)56)38-9-10-39(53)47-40(38)54/h1-8,23-24,31,33,38H,9-22,26-27H2,(H,47,53,54). The van der Waals surface area contributed by atoms with E-state index in [1.165, 1.54) is 0 Å². The molecule has 3 aromatic rings. The topological polar surface area (TPSA) is 147 Å². The minimum Gasteiger partial charge on any atom is -0.490 e. The number of carbonyl (C=O) groups excluding carboxylic acids is 5. The fourth-order valence-corrected chi connectivity index (χ4v) is 10.1. The molecule has 1 N–H and O–H groups in total. The van der Waals surface area contributed by atoms with Gasteiger partial charge < -0.3 is 19.4 Å². The summed E-state index contributed by atoms with van der Waals surface area (Å²) in [6.07, 6.45) is 6.45. The van der Waals surface area contributed by atoms with Crippen LogP contribution in [-0.2, 0) is 9.59 Å². The van der Waals surface area contributed by atoms with Gasteiger partial charge in [-0.15, -0.1) is 0 Å². The zero-order valence-corrected chi connectivity index (χ0v) is 33.1. The van der Waals surface area contributed by atoms with Gasteiger partial charge in [0, 0.05) is 93.2 Å². The van der Waals surface area contributed by atoms with Crippen LogP contribution in [0.15, 0.2) is 60.7 Å². The molecular formula is C44H46ClN7O6. The molecule has 5 fully saturated rings. The maximum Gasteiger partial charge on any atom is 0.262 e. The number of hydrogen-bond donors (Lipinski definition) is 1. The molecule has 1 spiro atoms. The van der Waals surface area contributed by atoms with Crippen LogP contribution in [0, 0.1) is 16.7 Å². The van der Waals surface area contributed by atoms with Crippen LogP contribution >= 0.6 is 11.6 Å². The largest absolute Gasteiger partial charge is 0.490 e. The summed E-state index contributed by atoms with van der Waals surface area (Å²) in [4.78, 5) is 74.2. The predicted octanol–water partition coefficient (Wildman–Crippen LogP) is 4.87. The summed E-state index contributed by atoms with van der Waals surface area (Å²) in [5.74, 6) is -1.20. The lowest BCUT2D eigenvalue weighted by molar-refractivity contribution is -0.136. The number of amides is 5. The molecule has 300 valence electrons. The highest BCUT2D eigenvalue weighted by atomic mass is 35.5. The van der Waals surface area contributed by atoms with E-state index in [9.17, 15) is 24.0 Å². The summed E-state index contributed by atoms with van der Waals surface area (Å²) in [5.41, 5.74) is 4.09. The van der Waals surface area contributed by atoms with E-state index in [2.05, 4.69) is 38.2 Å². The summed E-state index contributed by atoms with van der Waals surface area (Å²) >= 11 is 6.20. The van der Waals surface area contributed by atoms with Gasteiger partial charge in [-0.2, -0.15) is 5.26 Å². The fourth-order valence-electron chi connectivity index (χ4n) is 9.87. The van der Waals surface area contributed by atoms with Crippen molar-refractivity contribution < 1.29 is 28.7 Å². The Balaban J connectivity index is 0.714. The molecule has 9 rings (SSSR count). The lowest BCUT2D eigenvalue weighted by atomic mass is 9.67. The monoisotopic (exact) mass is 803 g/mol. The van der Waals surface area contributed by atoms with Gasteiger partial charge in [-0.05, 0) is 99.5 Å². The predicted molar refractivity (Wildman–Crippen MR) is 216 cm³/mol. The van der Waals surface area contributed by atoms with Gasteiger partial charge in [-0.3, -0.25) is 39.1 Å².